The van der Waals surface area contributed by atoms with E-state index in [4.69, 9.17) is 4.74 Å². The molecule has 0 bridgehead atoms. The number of carboxylic acid groups (broad SMARTS) is 1. The maximum absolute atomic E-state index is 12.3. The van der Waals surface area contributed by atoms with Gasteiger partial charge in [-0.05, 0) is 26.7 Å². The second kappa shape index (κ2) is 6.15. The summed E-state index contributed by atoms with van der Waals surface area (Å²) in [4.78, 5) is 26.9. The molecule has 0 radical (unpaired) electrons. The first-order chi connectivity index (χ1) is 10.7. The van der Waals surface area contributed by atoms with Crippen LogP contribution in [0.5, 0.6) is 5.75 Å². The van der Waals surface area contributed by atoms with Crippen molar-refractivity contribution < 1.29 is 27.9 Å². The summed E-state index contributed by atoms with van der Waals surface area (Å²) in [6.45, 7) is 3.55. The summed E-state index contributed by atoms with van der Waals surface area (Å²) in [5.41, 5.74) is -1.66. The van der Waals surface area contributed by atoms with Gasteiger partial charge in [0.05, 0.1) is 12.3 Å². The molecule has 1 aromatic heterocycles. The lowest BCUT2D eigenvalue weighted by molar-refractivity contribution is -0.161. The van der Waals surface area contributed by atoms with E-state index in [-0.39, 0.29) is 29.6 Å². The van der Waals surface area contributed by atoms with Gasteiger partial charge in [-0.1, -0.05) is 6.42 Å². The maximum Gasteiger partial charge on any atom is 0.319 e. The Kier molecular flexibility index (Phi) is 4.60. The number of carbonyl (C=O) groups is 2. The van der Waals surface area contributed by atoms with Crippen molar-refractivity contribution in [3.05, 3.63) is 18.5 Å². The van der Waals surface area contributed by atoms with Gasteiger partial charge in [-0.3, -0.25) is 14.6 Å². The number of pyridine rings is 1. The molecule has 23 heavy (non-hydrogen) atoms. The highest BCUT2D eigenvalue weighted by molar-refractivity contribution is 7.90. The summed E-state index contributed by atoms with van der Waals surface area (Å²) in [5, 5.41) is 9.18. The molecule has 9 heteroatoms. The first-order valence-corrected chi connectivity index (χ1v) is 8.58. The molecule has 2 rings (SSSR count). The fourth-order valence-corrected chi connectivity index (χ4v) is 3.26. The van der Waals surface area contributed by atoms with Crippen molar-refractivity contribution in [2.24, 2.45) is 5.41 Å². The summed E-state index contributed by atoms with van der Waals surface area (Å²) in [7, 11) is -4.22. The summed E-state index contributed by atoms with van der Waals surface area (Å²) < 4.78 is 31.7. The van der Waals surface area contributed by atoms with Gasteiger partial charge in [-0.15, -0.1) is 0 Å². The van der Waals surface area contributed by atoms with E-state index in [0.717, 1.165) is 6.20 Å². The molecule has 2 N–H and O–H groups in total. The van der Waals surface area contributed by atoms with Crippen LogP contribution in [0, 0.1) is 5.41 Å². The molecule has 8 nitrogen and oxygen atoms in total. The fourth-order valence-electron chi connectivity index (χ4n) is 2.23. The number of aliphatic carboxylic acids is 1. The predicted molar refractivity (Wildman–Crippen MR) is 79.2 cm³/mol. The van der Waals surface area contributed by atoms with E-state index in [2.05, 4.69) is 4.98 Å². The summed E-state index contributed by atoms with van der Waals surface area (Å²) in [5.74, 6) is -2.09. The van der Waals surface area contributed by atoms with Gasteiger partial charge in [0.1, 0.15) is 16.1 Å². The lowest BCUT2D eigenvalue weighted by Crippen LogP contribution is -2.52. The van der Waals surface area contributed by atoms with E-state index >= 15 is 0 Å². The first kappa shape index (κ1) is 17.2. The number of hydrogen-bond donors (Lipinski definition) is 2. The van der Waals surface area contributed by atoms with Crippen molar-refractivity contribution in [3.8, 4) is 5.75 Å². The van der Waals surface area contributed by atoms with Crippen molar-refractivity contribution in [1.82, 2.24) is 9.71 Å². The topological polar surface area (TPSA) is 123 Å². The Morgan fingerprint density at radius 2 is 2.00 bits per heavy atom. The third-order valence-electron chi connectivity index (χ3n) is 3.65. The lowest BCUT2D eigenvalue weighted by Gasteiger charge is -2.35. The number of hydrogen-bond acceptors (Lipinski definition) is 6. The fraction of sp³-hybridized carbons (Fsp3) is 0.500. The molecule has 0 aromatic carbocycles. The van der Waals surface area contributed by atoms with Crippen LogP contribution < -0.4 is 9.46 Å². The Labute approximate surface area is 133 Å². The molecule has 1 aliphatic rings. The molecule has 1 fully saturated rings. The normalized spacial score (nSPS) is 16.5. The van der Waals surface area contributed by atoms with Crippen LogP contribution in [0.2, 0.25) is 0 Å². The van der Waals surface area contributed by atoms with Gasteiger partial charge in [-0.25, -0.2) is 13.1 Å². The molecule has 0 atom stereocenters. The Morgan fingerprint density at radius 1 is 1.35 bits per heavy atom. The Morgan fingerprint density at radius 3 is 2.48 bits per heavy atom. The van der Waals surface area contributed by atoms with Crippen LogP contribution in [0.3, 0.4) is 0 Å². The molecular formula is C14H18N2O6S. The quantitative estimate of drug-likeness (QED) is 0.737. The van der Waals surface area contributed by atoms with Crippen LogP contribution in [0.25, 0.3) is 0 Å². The highest BCUT2D eigenvalue weighted by atomic mass is 32.2. The number of ether oxygens (including phenoxy) is 1. The average molecular weight is 342 g/mol. The molecule has 0 aliphatic heterocycles. The highest BCUT2D eigenvalue weighted by Gasteiger charge is 2.52. The number of amides is 1. The van der Waals surface area contributed by atoms with Gasteiger partial charge < -0.3 is 9.84 Å². The number of rotatable bonds is 6. The molecule has 1 aliphatic carbocycles. The smallest absolute Gasteiger partial charge is 0.319 e. The minimum Gasteiger partial charge on any atom is -0.489 e. The van der Waals surface area contributed by atoms with Crippen LogP contribution in [0.1, 0.15) is 33.1 Å². The van der Waals surface area contributed by atoms with Crippen molar-refractivity contribution in [2.75, 3.05) is 0 Å². The largest absolute Gasteiger partial charge is 0.489 e. The Bertz CT molecular complexity index is 725. The third kappa shape index (κ3) is 3.44. The number of aromatic nitrogens is 1. The summed E-state index contributed by atoms with van der Waals surface area (Å²) >= 11 is 0. The number of sulfonamides is 1. The van der Waals surface area contributed by atoms with Crippen LogP contribution in [-0.2, 0) is 19.6 Å². The van der Waals surface area contributed by atoms with Gasteiger partial charge in [0, 0.05) is 12.3 Å². The monoisotopic (exact) mass is 342 g/mol. The Balaban J connectivity index is 2.22. The van der Waals surface area contributed by atoms with Gasteiger partial charge in [0.15, 0.2) is 0 Å². The standard InChI is InChI=1S/C14H18N2O6S/c1-9(2)22-10-6-11(8-15-7-10)23(20,21)16-12(17)14(13(18)19)4-3-5-14/h6-9H,3-5H2,1-2H3,(H,16,17)(H,18,19). The van der Waals surface area contributed by atoms with Gasteiger partial charge in [-0.2, -0.15) is 0 Å². The van der Waals surface area contributed by atoms with Crippen molar-refractivity contribution in [3.63, 3.8) is 0 Å². The number of nitrogens with zero attached hydrogens (tertiary/aromatic N) is 1. The first-order valence-electron chi connectivity index (χ1n) is 7.10. The molecule has 1 amide bonds. The summed E-state index contributed by atoms with van der Waals surface area (Å²) in [6.07, 6.45) is 3.06. The lowest BCUT2D eigenvalue weighted by atomic mass is 9.68. The SMILES string of the molecule is CC(C)Oc1cncc(S(=O)(=O)NC(=O)C2(C(=O)O)CCC2)c1. The van der Waals surface area contributed by atoms with Crippen molar-refractivity contribution in [1.29, 1.82) is 0 Å². The second-order valence-corrected chi connectivity index (χ2v) is 7.38. The van der Waals surface area contributed by atoms with Gasteiger partial charge in [0.2, 0.25) is 0 Å². The van der Waals surface area contributed by atoms with Gasteiger partial charge in [0.25, 0.3) is 15.9 Å². The number of nitrogens with one attached hydrogen (secondary N) is 1. The minimum atomic E-state index is -4.22. The molecule has 126 valence electrons. The molecule has 1 heterocycles. The van der Waals surface area contributed by atoms with Crippen LogP contribution in [0.15, 0.2) is 23.4 Å². The maximum atomic E-state index is 12.3. The summed E-state index contributed by atoms with van der Waals surface area (Å²) in [6, 6.07) is 1.23. The average Bonchev–Trinajstić information content (AvgIpc) is 2.35. The van der Waals surface area contributed by atoms with Crippen molar-refractivity contribution >= 4 is 21.9 Å². The minimum absolute atomic E-state index is 0.123. The van der Waals surface area contributed by atoms with E-state index in [0.29, 0.717) is 6.42 Å². The van der Waals surface area contributed by atoms with E-state index in [9.17, 15) is 23.1 Å². The zero-order valence-corrected chi connectivity index (χ0v) is 13.6. The van der Waals surface area contributed by atoms with Crippen LogP contribution in [0.4, 0.5) is 0 Å². The van der Waals surface area contributed by atoms with Crippen LogP contribution in [-0.4, -0.2) is 36.5 Å². The molecule has 0 spiro atoms. The molecule has 1 aromatic rings. The number of carbonyl (C=O) groups excluding carboxylic acids is 1. The molecule has 1 saturated carbocycles. The number of carboxylic acids is 1. The molecule has 0 saturated heterocycles. The van der Waals surface area contributed by atoms with Gasteiger partial charge >= 0.3 is 5.97 Å². The van der Waals surface area contributed by atoms with E-state index in [1.807, 2.05) is 4.72 Å². The third-order valence-corrected chi connectivity index (χ3v) is 4.95. The van der Waals surface area contributed by atoms with Crippen molar-refractivity contribution in [2.45, 2.75) is 44.1 Å². The predicted octanol–water partition coefficient (Wildman–Crippen LogP) is 0.929. The zero-order chi connectivity index (χ0) is 17.3. The second-order valence-electron chi connectivity index (χ2n) is 5.70. The van der Waals surface area contributed by atoms with E-state index < -0.39 is 27.3 Å². The molecule has 0 unspecified atom stereocenters. The zero-order valence-electron chi connectivity index (χ0n) is 12.8. The van der Waals surface area contributed by atoms with E-state index in [1.54, 1.807) is 13.8 Å². The van der Waals surface area contributed by atoms with E-state index in [1.165, 1.54) is 12.3 Å². The molecular weight excluding hydrogens is 324 g/mol. The highest BCUT2D eigenvalue weighted by Crippen LogP contribution is 2.41. The van der Waals surface area contributed by atoms with Crippen LogP contribution >= 0.6 is 0 Å². The Hall–Kier alpha value is -2.16.